The highest BCUT2D eigenvalue weighted by Crippen LogP contribution is 2.16. The molecule has 0 aliphatic rings. The molecule has 0 atom stereocenters. The van der Waals surface area contributed by atoms with Crippen LogP contribution in [0.15, 0.2) is 16.5 Å². The average molecular weight is 245 g/mol. The molecule has 1 heterocycles. The summed E-state index contributed by atoms with van der Waals surface area (Å²) in [5, 5.41) is 0. The van der Waals surface area contributed by atoms with Crippen molar-refractivity contribution in [3.8, 4) is 0 Å². The van der Waals surface area contributed by atoms with E-state index in [9.17, 15) is 0 Å². The molecule has 0 amide bonds. The molecule has 4 heteroatoms. The number of furan rings is 1. The minimum absolute atomic E-state index is 0.884. The van der Waals surface area contributed by atoms with Crippen LogP contribution in [0.3, 0.4) is 0 Å². The first-order valence-corrected chi connectivity index (χ1v) is 7.56. The first kappa shape index (κ1) is 13.0. The Morgan fingerprint density at radius 1 is 1.20 bits per heavy atom. The van der Waals surface area contributed by atoms with Crippen molar-refractivity contribution in [1.82, 2.24) is 4.90 Å². The van der Waals surface area contributed by atoms with Gasteiger partial charge < -0.3 is 9.32 Å². The molecule has 1 aromatic rings. The van der Waals surface area contributed by atoms with Crippen molar-refractivity contribution in [2.24, 2.45) is 0 Å². The summed E-state index contributed by atoms with van der Waals surface area (Å²) in [5.74, 6) is 5.56. The van der Waals surface area contributed by atoms with E-state index >= 15 is 0 Å². The SMILES string of the molecule is CSCCSCc1ccc(CN(C)C)o1. The van der Waals surface area contributed by atoms with Crippen LogP contribution >= 0.6 is 23.5 Å². The molecule has 0 spiro atoms. The minimum atomic E-state index is 0.884. The van der Waals surface area contributed by atoms with Crippen LogP contribution in [-0.4, -0.2) is 36.8 Å². The molecule has 15 heavy (non-hydrogen) atoms. The summed E-state index contributed by atoms with van der Waals surface area (Å²) >= 11 is 3.83. The lowest BCUT2D eigenvalue weighted by atomic mass is 10.4. The van der Waals surface area contributed by atoms with Crippen LogP contribution in [0.1, 0.15) is 11.5 Å². The zero-order valence-electron chi connectivity index (χ0n) is 9.66. The predicted molar refractivity (Wildman–Crippen MR) is 70.6 cm³/mol. The maximum absolute atomic E-state index is 5.71. The van der Waals surface area contributed by atoms with Gasteiger partial charge in [0.1, 0.15) is 11.5 Å². The zero-order valence-corrected chi connectivity index (χ0v) is 11.3. The summed E-state index contributed by atoms with van der Waals surface area (Å²) in [7, 11) is 4.10. The molecule has 0 N–H and O–H groups in total. The second-order valence-electron chi connectivity index (χ2n) is 3.65. The van der Waals surface area contributed by atoms with Crippen LogP contribution in [0.25, 0.3) is 0 Å². The van der Waals surface area contributed by atoms with Crippen LogP contribution in [0.5, 0.6) is 0 Å². The van der Waals surface area contributed by atoms with E-state index in [1.54, 1.807) is 0 Å². The Labute approximate surface area is 101 Å². The summed E-state index contributed by atoms with van der Waals surface area (Å²) in [5.41, 5.74) is 0. The normalized spacial score (nSPS) is 11.2. The Kier molecular flexibility index (Phi) is 6.29. The summed E-state index contributed by atoms with van der Waals surface area (Å²) in [6.07, 6.45) is 2.14. The predicted octanol–water partition coefficient (Wildman–Crippen LogP) is 2.94. The van der Waals surface area contributed by atoms with Crippen LogP contribution in [-0.2, 0) is 12.3 Å². The molecular weight excluding hydrogens is 226 g/mol. The molecule has 1 aromatic heterocycles. The van der Waals surface area contributed by atoms with Gasteiger partial charge in [-0.3, -0.25) is 0 Å². The average Bonchev–Trinajstić information content (AvgIpc) is 2.59. The molecule has 0 aliphatic heterocycles. The molecule has 0 fully saturated rings. The maximum atomic E-state index is 5.71. The van der Waals surface area contributed by atoms with Gasteiger partial charge in [-0.05, 0) is 32.5 Å². The minimum Gasteiger partial charge on any atom is -0.464 e. The number of hydrogen-bond acceptors (Lipinski definition) is 4. The van der Waals surface area contributed by atoms with Crippen molar-refractivity contribution < 1.29 is 4.42 Å². The molecule has 0 bridgehead atoms. The van der Waals surface area contributed by atoms with Gasteiger partial charge in [0.15, 0.2) is 0 Å². The van der Waals surface area contributed by atoms with Gasteiger partial charge in [-0.1, -0.05) is 0 Å². The third-order valence-corrected chi connectivity index (χ3v) is 3.72. The summed E-state index contributed by atoms with van der Waals surface area (Å²) in [6, 6.07) is 4.16. The lowest BCUT2D eigenvalue weighted by molar-refractivity contribution is 0.344. The largest absolute Gasteiger partial charge is 0.464 e. The number of nitrogens with zero attached hydrogens (tertiary/aromatic N) is 1. The van der Waals surface area contributed by atoms with E-state index in [1.807, 2.05) is 23.5 Å². The fourth-order valence-corrected chi connectivity index (χ4v) is 2.85. The standard InChI is InChI=1S/C11H19NOS2/c1-12(2)8-10-4-5-11(13-10)9-15-7-6-14-3/h4-5H,6-9H2,1-3H3. The van der Waals surface area contributed by atoms with Crippen molar-refractivity contribution in [3.05, 3.63) is 23.7 Å². The second-order valence-corrected chi connectivity index (χ2v) is 5.74. The lowest BCUT2D eigenvalue weighted by Crippen LogP contribution is -2.09. The zero-order chi connectivity index (χ0) is 11.1. The fourth-order valence-electron chi connectivity index (χ4n) is 1.21. The smallest absolute Gasteiger partial charge is 0.118 e. The molecule has 0 aliphatic carbocycles. The van der Waals surface area contributed by atoms with Gasteiger partial charge in [0.25, 0.3) is 0 Å². The molecule has 0 saturated carbocycles. The third kappa shape index (κ3) is 5.54. The Balaban J connectivity index is 2.26. The Morgan fingerprint density at radius 3 is 2.60 bits per heavy atom. The molecule has 0 radical (unpaired) electrons. The van der Waals surface area contributed by atoms with E-state index in [0.29, 0.717) is 0 Å². The topological polar surface area (TPSA) is 16.4 Å². The summed E-state index contributed by atoms with van der Waals surface area (Å²) < 4.78 is 5.71. The monoisotopic (exact) mass is 245 g/mol. The molecule has 1 rings (SSSR count). The van der Waals surface area contributed by atoms with Crippen molar-refractivity contribution >= 4 is 23.5 Å². The lowest BCUT2D eigenvalue weighted by Gasteiger charge is -2.05. The highest BCUT2D eigenvalue weighted by atomic mass is 32.2. The van der Waals surface area contributed by atoms with Gasteiger partial charge in [0, 0.05) is 11.5 Å². The van der Waals surface area contributed by atoms with Gasteiger partial charge in [-0.25, -0.2) is 0 Å². The van der Waals surface area contributed by atoms with E-state index in [2.05, 4.69) is 37.4 Å². The molecule has 0 saturated heterocycles. The molecule has 2 nitrogen and oxygen atoms in total. The first-order valence-electron chi connectivity index (χ1n) is 5.01. The van der Waals surface area contributed by atoms with Crippen molar-refractivity contribution in [1.29, 1.82) is 0 Å². The molecular formula is C11H19NOS2. The Hall–Kier alpha value is -0.0600. The maximum Gasteiger partial charge on any atom is 0.118 e. The Morgan fingerprint density at radius 2 is 1.93 bits per heavy atom. The van der Waals surface area contributed by atoms with Crippen molar-refractivity contribution in [3.63, 3.8) is 0 Å². The van der Waals surface area contributed by atoms with Crippen LogP contribution < -0.4 is 0 Å². The molecule has 0 unspecified atom stereocenters. The van der Waals surface area contributed by atoms with Gasteiger partial charge in [0.05, 0.1) is 12.3 Å². The van der Waals surface area contributed by atoms with E-state index < -0.39 is 0 Å². The Bertz CT molecular complexity index is 273. The van der Waals surface area contributed by atoms with E-state index in [1.165, 1.54) is 11.5 Å². The van der Waals surface area contributed by atoms with Gasteiger partial charge in [-0.2, -0.15) is 23.5 Å². The van der Waals surface area contributed by atoms with Crippen molar-refractivity contribution in [2.45, 2.75) is 12.3 Å². The number of rotatable bonds is 7. The molecule has 0 aromatic carbocycles. The summed E-state index contributed by atoms with van der Waals surface area (Å²) in [6.45, 7) is 0.884. The summed E-state index contributed by atoms with van der Waals surface area (Å²) in [4.78, 5) is 2.11. The van der Waals surface area contributed by atoms with Crippen LogP contribution in [0, 0.1) is 0 Å². The van der Waals surface area contributed by atoms with Gasteiger partial charge in [0.2, 0.25) is 0 Å². The van der Waals surface area contributed by atoms with E-state index in [-0.39, 0.29) is 0 Å². The highest BCUT2D eigenvalue weighted by molar-refractivity contribution is 8.02. The van der Waals surface area contributed by atoms with E-state index in [4.69, 9.17) is 4.42 Å². The highest BCUT2D eigenvalue weighted by Gasteiger charge is 2.02. The van der Waals surface area contributed by atoms with Gasteiger partial charge >= 0.3 is 0 Å². The quantitative estimate of drug-likeness (QED) is 0.686. The molecule has 86 valence electrons. The number of hydrogen-bond donors (Lipinski definition) is 0. The van der Waals surface area contributed by atoms with Crippen molar-refractivity contribution in [2.75, 3.05) is 31.9 Å². The number of thioether (sulfide) groups is 2. The third-order valence-electron chi connectivity index (χ3n) is 1.87. The second kappa shape index (κ2) is 7.25. The first-order chi connectivity index (χ1) is 7.22. The van der Waals surface area contributed by atoms with E-state index in [0.717, 1.165) is 23.8 Å². The van der Waals surface area contributed by atoms with Gasteiger partial charge in [-0.15, -0.1) is 0 Å². The van der Waals surface area contributed by atoms with Crippen LogP contribution in [0.4, 0.5) is 0 Å². The van der Waals surface area contributed by atoms with Crippen LogP contribution in [0.2, 0.25) is 0 Å². The fraction of sp³-hybridized carbons (Fsp3) is 0.636.